The Balaban J connectivity index is 2.17. The number of hydrogen-bond donors (Lipinski definition) is 1. The van der Waals surface area contributed by atoms with Crippen molar-refractivity contribution in [2.24, 2.45) is 5.92 Å². The summed E-state index contributed by atoms with van der Waals surface area (Å²) in [6.07, 6.45) is 4.16. The highest BCUT2D eigenvalue weighted by Crippen LogP contribution is 2.35. The van der Waals surface area contributed by atoms with Gasteiger partial charge in [0.15, 0.2) is 0 Å². The molecule has 0 aromatic heterocycles. The van der Waals surface area contributed by atoms with Crippen LogP contribution in [0.2, 0.25) is 0 Å². The van der Waals surface area contributed by atoms with E-state index in [-0.39, 0.29) is 0 Å². The van der Waals surface area contributed by atoms with Crippen molar-refractivity contribution in [1.82, 2.24) is 10.2 Å². The van der Waals surface area contributed by atoms with Gasteiger partial charge in [0, 0.05) is 12.1 Å². The van der Waals surface area contributed by atoms with Gasteiger partial charge in [0.2, 0.25) is 0 Å². The third kappa shape index (κ3) is 3.58. The fraction of sp³-hybridized carbons (Fsp3) is 1.00. The molecule has 2 unspecified atom stereocenters. The van der Waals surface area contributed by atoms with E-state index in [1.54, 1.807) is 0 Å². The molecule has 0 heterocycles. The number of hydrogen-bond acceptors (Lipinski definition) is 2. The van der Waals surface area contributed by atoms with Crippen molar-refractivity contribution in [3.8, 4) is 0 Å². The molecule has 0 aromatic carbocycles. The van der Waals surface area contributed by atoms with Gasteiger partial charge in [-0.1, -0.05) is 6.92 Å². The number of nitrogens with zero attached hydrogens (tertiary/aromatic N) is 1. The summed E-state index contributed by atoms with van der Waals surface area (Å²) in [6, 6.07) is 1.50. The van der Waals surface area contributed by atoms with E-state index in [4.69, 9.17) is 0 Å². The Bertz CT molecular complexity index is 154. The Labute approximate surface area is 89.1 Å². The zero-order valence-corrected chi connectivity index (χ0v) is 10.2. The van der Waals surface area contributed by atoms with E-state index in [9.17, 15) is 0 Å². The molecule has 0 bridgehead atoms. The normalized spacial score (nSPS) is 21.2. The van der Waals surface area contributed by atoms with Crippen molar-refractivity contribution >= 4 is 0 Å². The first kappa shape index (κ1) is 12.0. The monoisotopic (exact) mass is 198 g/mol. The van der Waals surface area contributed by atoms with E-state index in [1.807, 2.05) is 0 Å². The van der Waals surface area contributed by atoms with Crippen LogP contribution in [0.1, 0.15) is 40.0 Å². The zero-order valence-electron chi connectivity index (χ0n) is 10.2. The van der Waals surface area contributed by atoms with Crippen LogP contribution in [0.15, 0.2) is 0 Å². The topological polar surface area (TPSA) is 15.3 Å². The Hall–Kier alpha value is -0.0800. The van der Waals surface area contributed by atoms with Crippen LogP contribution in [0, 0.1) is 5.92 Å². The highest BCUT2D eigenvalue weighted by Gasteiger charge is 2.31. The Morgan fingerprint density at radius 3 is 2.50 bits per heavy atom. The standard InChI is InChI=1S/C12H26N2/c1-5-13-9-8-10(2)14(4)11(3)12-6-7-12/h10-13H,5-9H2,1-4H3. The third-order valence-corrected chi connectivity index (χ3v) is 3.63. The van der Waals surface area contributed by atoms with Crippen molar-refractivity contribution in [3.63, 3.8) is 0 Å². The smallest absolute Gasteiger partial charge is 0.00949 e. The first-order valence-corrected chi connectivity index (χ1v) is 6.09. The molecule has 1 saturated carbocycles. The van der Waals surface area contributed by atoms with E-state index in [0.717, 1.165) is 25.0 Å². The molecule has 14 heavy (non-hydrogen) atoms. The van der Waals surface area contributed by atoms with Crippen LogP contribution in [0.25, 0.3) is 0 Å². The minimum atomic E-state index is 0.713. The molecule has 0 aliphatic heterocycles. The summed E-state index contributed by atoms with van der Waals surface area (Å²) in [5.41, 5.74) is 0. The van der Waals surface area contributed by atoms with E-state index in [0.29, 0.717) is 6.04 Å². The van der Waals surface area contributed by atoms with Gasteiger partial charge in [0.25, 0.3) is 0 Å². The molecule has 0 spiro atoms. The van der Waals surface area contributed by atoms with Gasteiger partial charge in [-0.3, -0.25) is 0 Å². The Kier molecular flexibility index (Phi) is 4.90. The van der Waals surface area contributed by atoms with Crippen LogP contribution >= 0.6 is 0 Å². The second kappa shape index (κ2) is 5.72. The minimum absolute atomic E-state index is 0.713. The fourth-order valence-electron chi connectivity index (χ4n) is 2.00. The largest absolute Gasteiger partial charge is 0.317 e. The van der Waals surface area contributed by atoms with E-state index >= 15 is 0 Å². The van der Waals surface area contributed by atoms with E-state index in [1.165, 1.54) is 19.3 Å². The maximum atomic E-state index is 3.39. The van der Waals surface area contributed by atoms with Crippen LogP contribution in [-0.4, -0.2) is 37.1 Å². The summed E-state index contributed by atoms with van der Waals surface area (Å²) in [6.45, 7) is 9.13. The van der Waals surface area contributed by atoms with Crippen LogP contribution in [0.4, 0.5) is 0 Å². The summed E-state index contributed by atoms with van der Waals surface area (Å²) < 4.78 is 0. The molecular formula is C12H26N2. The van der Waals surface area contributed by atoms with Crippen molar-refractivity contribution in [2.75, 3.05) is 20.1 Å². The molecule has 1 rings (SSSR count). The lowest BCUT2D eigenvalue weighted by atomic mass is 10.1. The second-order valence-corrected chi connectivity index (χ2v) is 4.73. The molecular weight excluding hydrogens is 172 g/mol. The Morgan fingerprint density at radius 1 is 1.36 bits per heavy atom. The SMILES string of the molecule is CCNCCC(C)N(C)C(C)C1CC1. The summed E-state index contributed by atoms with van der Waals surface area (Å²) >= 11 is 0. The van der Waals surface area contributed by atoms with E-state index < -0.39 is 0 Å². The molecule has 1 aliphatic rings. The van der Waals surface area contributed by atoms with Crippen LogP contribution in [0.5, 0.6) is 0 Å². The molecule has 84 valence electrons. The lowest BCUT2D eigenvalue weighted by molar-refractivity contribution is 0.170. The molecule has 0 aromatic rings. The molecule has 2 nitrogen and oxygen atoms in total. The fourth-order valence-corrected chi connectivity index (χ4v) is 2.00. The number of nitrogens with one attached hydrogen (secondary N) is 1. The third-order valence-electron chi connectivity index (χ3n) is 3.63. The van der Waals surface area contributed by atoms with Gasteiger partial charge >= 0.3 is 0 Å². The van der Waals surface area contributed by atoms with Crippen molar-refractivity contribution in [1.29, 1.82) is 0 Å². The molecule has 1 N–H and O–H groups in total. The predicted molar refractivity (Wildman–Crippen MR) is 62.6 cm³/mol. The zero-order chi connectivity index (χ0) is 10.6. The highest BCUT2D eigenvalue weighted by molar-refractivity contribution is 4.85. The molecule has 2 atom stereocenters. The summed E-state index contributed by atoms with van der Waals surface area (Å²) in [7, 11) is 2.28. The van der Waals surface area contributed by atoms with E-state index in [2.05, 4.69) is 38.0 Å². The highest BCUT2D eigenvalue weighted by atomic mass is 15.2. The quantitative estimate of drug-likeness (QED) is 0.630. The molecule has 0 amide bonds. The maximum Gasteiger partial charge on any atom is 0.00949 e. The molecule has 1 fully saturated rings. The summed E-state index contributed by atoms with van der Waals surface area (Å²) in [5.74, 6) is 0.988. The molecule has 0 radical (unpaired) electrons. The van der Waals surface area contributed by atoms with Gasteiger partial charge in [-0.25, -0.2) is 0 Å². The van der Waals surface area contributed by atoms with Crippen molar-refractivity contribution < 1.29 is 0 Å². The Morgan fingerprint density at radius 2 is 2.00 bits per heavy atom. The van der Waals surface area contributed by atoms with Crippen LogP contribution in [-0.2, 0) is 0 Å². The van der Waals surface area contributed by atoms with Crippen LogP contribution < -0.4 is 5.32 Å². The minimum Gasteiger partial charge on any atom is -0.317 e. The average molecular weight is 198 g/mol. The summed E-state index contributed by atoms with van der Waals surface area (Å²) in [5, 5.41) is 3.39. The first-order chi connectivity index (χ1) is 6.66. The predicted octanol–water partition coefficient (Wildman–Crippen LogP) is 2.10. The van der Waals surface area contributed by atoms with Crippen molar-refractivity contribution in [2.45, 2.75) is 52.1 Å². The maximum absolute atomic E-state index is 3.39. The molecule has 0 saturated heterocycles. The van der Waals surface area contributed by atoms with Gasteiger partial charge in [0.1, 0.15) is 0 Å². The van der Waals surface area contributed by atoms with Crippen molar-refractivity contribution in [3.05, 3.63) is 0 Å². The van der Waals surface area contributed by atoms with Gasteiger partial charge < -0.3 is 10.2 Å². The lowest BCUT2D eigenvalue weighted by Gasteiger charge is -2.31. The summed E-state index contributed by atoms with van der Waals surface area (Å²) in [4.78, 5) is 2.55. The lowest BCUT2D eigenvalue weighted by Crippen LogP contribution is -2.39. The van der Waals surface area contributed by atoms with Gasteiger partial charge in [-0.05, 0) is 59.2 Å². The number of rotatable bonds is 7. The second-order valence-electron chi connectivity index (χ2n) is 4.73. The first-order valence-electron chi connectivity index (χ1n) is 6.09. The van der Waals surface area contributed by atoms with Gasteiger partial charge in [-0.2, -0.15) is 0 Å². The average Bonchev–Trinajstić information content (AvgIpc) is 2.99. The molecule has 2 heteroatoms. The van der Waals surface area contributed by atoms with Crippen LogP contribution in [0.3, 0.4) is 0 Å². The van der Waals surface area contributed by atoms with Gasteiger partial charge in [-0.15, -0.1) is 0 Å². The van der Waals surface area contributed by atoms with Gasteiger partial charge in [0.05, 0.1) is 0 Å². The molecule has 1 aliphatic carbocycles.